The minimum Gasteiger partial charge on any atom is -0.377 e. The Hall–Kier alpha value is -1.96. The van der Waals surface area contributed by atoms with Crippen molar-refractivity contribution in [1.82, 2.24) is 10.2 Å². The second-order valence-corrected chi connectivity index (χ2v) is 7.78. The number of carbonyl (C=O) groups excluding carboxylic acids is 2. The SMILES string of the molecule is Cc1ccc(NC(=O)NC(=O)CN(C[C@H]2CCCO2)C[C@@H]2CCCO2)c(C)c1. The lowest BCUT2D eigenvalue weighted by Gasteiger charge is -2.26. The molecule has 154 valence electrons. The minimum absolute atomic E-state index is 0.151. The molecular formula is C21H31N3O4. The fraction of sp³-hybridized carbons (Fsp3) is 0.619. The van der Waals surface area contributed by atoms with Gasteiger partial charge in [0.2, 0.25) is 5.91 Å². The summed E-state index contributed by atoms with van der Waals surface area (Å²) in [6.07, 6.45) is 4.44. The quantitative estimate of drug-likeness (QED) is 0.749. The lowest BCUT2D eigenvalue weighted by molar-refractivity contribution is -0.121. The second-order valence-electron chi connectivity index (χ2n) is 7.78. The summed E-state index contributed by atoms with van der Waals surface area (Å²) in [6, 6.07) is 5.25. The molecule has 28 heavy (non-hydrogen) atoms. The summed E-state index contributed by atoms with van der Waals surface area (Å²) < 4.78 is 11.4. The lowest BCUT2D eigenvalue weighted by Crippen LogP contribution is -2.46. The molecule has 0 spiro atoms. The van der Waals surface area contributed by atoms with Crippen molar-refractivity contribution in [1.29, 1.82) is 0 Å². The van der Waals surface area contributed by atoms with E-state index in [9.17, 15) is 9.59 Å². The molecule has 2 saturated heterocycles. The zero-order valence-electron chi connectivity index (χ0n) is 16.8. The van der Waals surface area contributed by atoms with Gasteiger partial charge in [0, 0.05) is 32.0 Å². The predicted octanol–water partition coefficient (Wildman–Crippen LogP) is 2.61. The van der Waals surface area contributed by atoms with Crippen LogP contribution in [0.3, 0.4) is 0 Å². The maximum absolute atomic E-state index is 12.4. The second kappa shape index (κ2) is 10.0. The van der Waals surface area contributed by atoms with Gasteiger partial charge < -0.3 is 14.8 Å². The highest BCUT2D eigenvalue weighted by atomic mass is 16.5. The maximum atomic E-state index is 12.4. The first-order chi connectivity index (χ1) is 13.5. The van der Waals surface area contributed by atoms with E-state index in [1.54, 1.807) is 0 Å². The number of ether oxygens (including phenoxy) is 2. The molecule has 2 N–H and O–H groups in total. The fourth-order valence-corrected chi connectivity index (χ4v) is 3.83. The van der Waals surface area contributed by atoms with Crippen LogP contribution in [0, 0.1) is 13.8 Å². The van der Waals surface area contributed by atoms with Crippen molar-refractivity contribution < 1.29 is 19.1 Å². The highest BCUT2D eigenvalue weighted by Crippen LogP contribution is 2.18. The summed E-state index contributed by atoms with van der Waals surface area (Å²) in [5.74, 6) is -0.321. The number of anilines is 1. The van der Waals surface area contributed by atoms with Crippen LogP contribution in [0.15, 0.2) is 18.2 Å². The Bertz CT molecular complexity index is 664. The van der Waals surface area contributed by atoms with E-state index in [-0.39, 0.29) is 24.7 Å². The Morgan fingerprint density at radius 2 is 1.71 bits per heavy atom. The summed E-state index contributed by atoms with van der Waals surface area (Å²) in [4.78, 5) is 26.7. The van der Waals surface area contributed by atoms with Crippen LogP contribution >= 0.6 is 0 Å². The number of hydrogen-bond acceptors (Lipinski definition) is 5. The molecule has 1 aromatic rings. The molecule has 0 radical (unpaired) electrons. The van der Waals surface area contributed by atoms with E-state index >= 15 is 0 Å². The molecule has 0 bridgehead atoms. The van der Waals surface area contributed by atoms with E-state index in [0.717, 1.165) is 50.0 Å². The van der Waals surface area contributed by atoms with Gasteiger partial charge in [0.05, 0.1) is 18.8 Å². The van der Waals surface area contributed by atoms with Crippen molar-refractivity contribution in [3.05, 3.63) is 29.3 Å². The third-order valence-electron chi connectivity index (χ3n) is 5.22. The number of hydrogen-bond donors (Lipinski definition) is 2. The minimum atomic E-state index is -0.508. The third kappa shape index (κ3) is 6.29. The van der Waals surface area contributed by atoms with E-state index in [1.807, 2.05) is 36.9 Å². The Balaban J connectivity index is 1.51. The van der Waals surface area contributed by atoms with Gasteiger partial charge >= 0.3 is 6.03 Å². The molecule has 1 aromatic carbocycles. The van der Waals surface area contributed by atoms with E-state index in [0.29, 0.717) is 18.8 Å². The number of aryl methyl sites for hydroxylation is 2. The molecule has 2 aliphatic heterocycles. The third-order valence-corrected chi connectivity index (χ3v) is 5.22. The van der Waals surface area contributed by atoms with Crippen LogP contribution in [0.2, 0.25) is 0 Å². The maximum Gasteiger partial charge on any atom is 0.325 e. The average Bonchev–Trinajstić information content (AvgIpc) is 3.31. The van der Waals surface area contributed by atoms with Crippen LogP contribution in [0.25, 0.3) is 0 Å². The summed E-state index contributed by atoms with van der Waals surface area (Å²) in [7, 11) is 0. The summed E-state index contributed by atoms with van der Waals surface area (Å²) >= 11 is 0. The predicted molar refractivity (Wildman–Crippen MR) is 107 cm³/mol. The molecule has 7 nitrogen and oxygen atoms in total. The number of urea groups is 1. The Morgan fingerprint density at radius 3 is 2.25 bits per heavy atom. The molecule has 0 aliphatic carbocycles. The molecule has 0 aromatic heterocycles. The van der Waals surface area contributed by atoms with Crippen LogP contribution in [-0.2, 0) is 14.3 Å². The Kier molecular flexibility index (Phi) is 7.42. The molecule has 3 amide bonds. The van der Waals surface area contributed by atoms with E-state index in [4.69, 9.17) is 9.47 Å². The van der Waals surface area contributed by atoms with Gasteiger partial charge in [-0.15, -0.1) is 0 Å². The van der Waals surface area contributed by atoms with E-state index in [1.165, 1.54) is 0 Å². The van der Waals surface area contributed by atoms with Crippen LogP contribution in [-0.4, -0.2) is 61.9 Å². The molecular weight excluding hydrogens is 358 g/mol. The van der Waals surface area contributed by atoms with Crippen LogP contribution in [0.1, 0.15) is 36.8 Å². The lowest BCUT2D eigenvalue weighted by atomic mass is 10.1. The smallest absolute Gasteiger partial charge is 0.325 e. The van der Waals surface area contributed by atoms with Crippen molar-refractivity contribution in [2.75, 3.05) is 38.2 Å². The first kappa shape index (κ1) is 20.8. The number of amides is 3. The number of benzene rings is 1. The van der Waals surface area contributed by atoms with Gasteiger partial charge in [0.15, 0.2) is 0 Å². The summed E-state index contributed by atoms with van der Waals surface area (Å²) in [5, 5.41) is 5.19. The van der Waals surface area contributed by atoms with Crippen molar-refractivity contribution in [3.63, 3.8) is 0 Å². The molecule has 0 unspecified atom stereocenters. The highest BCUT2D eigenvalue weighted by Gasteiger charge is 2.25. The molecule has 0 saturated carbocycles. The fourth-order valence-electron chi connectivity index (χ4n) is 3.83. The van der Waals surface area contributed by atoms with Crippen molar-refractivity contribution in [3.8, 4) is 0 Å². The molecule has 3 rings (SSSR count). The van der Waals surface area contributed by atoms with Gasteiger partial charge in [-0.25, -0.2) is 4.79 Å². The Morgan fingerprint density at radius 1 is 1.07 bits per heavy atom. The zero-order chi connectivity index (χ0) is 19.9. The van der Waals surface area contributed by atoms with Gasteiger partial charge in [0.25, 0.3) is 0 Å². The highest BCUT2D eigenvalue weighted by molar-refractivity contribution is 6.02. The zero-order valence-corrected chi connectivity index (χ0v) is 16.8. The normalized spacial score (nSPS) is 21.8. The van der Waals surface area contributed by atoms with E-state index < -0.39 is 6.03 Å². The van der Waals surface area contributed by atoms with E-state index in [2.05, 4.69) is 10.6 Å². The van der Waals surface area contributed by atoms with Crippen LogP contribution < -0.4 is 10.6 Å². The average molecular weight is 389 g/mol. The number of nitrogens with one attached hydrogen (secondary N) is 2. The monoisotopic (exact) mass is 389 g/mol. The first-order valence-corrected chi connectivity index (χ1v) is 10.1. The van der Waals surface area contributed by atoms with Gasteiger partial charge in [-0.3, -0.25) is 15.0 Å². The van der Waals surface area contributed by atoms with Gasteiger partial charge in [-0.2, -0.15) is 0 Å². The molecule has 2 heterocycles. The topological polar surface area (TPSA) is 79.9 Å². The van der Waals surface area contributed by atoms with Gasteiger partial charge in [-0.05, 0) is 51.2 Å². The first-order valence-electron chi connectivity index (χ1n) is 10.1. The number of carbonyl (C=O) groups is 2. The molecule has 2 aliphatic rings. The van der Waals surface area contributed by atoms with Crippen molar-refractivity contribution in [2.24, 2.45) is 0 Å². The number of nitrogens with zero attached hydrogens (tertiary/aromatic N) is 1. The van der Waals surface area contributed by atoms with Gasteiger partial charge in [0.1, 0.15) is 0 Å². The molecule has 2 fully saturated rings. The van der Waals surface area contributed by atoms with Crippen LogP contribution in [0.4, 0.5) is 10.5 Å². The van der Waals surface area contributed by atoms with Crippen LogP contribution in [0.5, 0.6) is 0 Å². The summed E-state index contributed by atoms with van der Waals surface area (Å²) in [6.45, 7) is 7.01. The summed E-state index contributed by atoms with van der Waals surface area (Å²) in [5.41, 5.74) is 2.78. The Labute approximate surface area is 166 Å². The molecule has 2 atom stereocenters. The molecule has 7 heteroatoms. The number of rotatable bonds is 7. The van der Waals surface area contributed by atoms with Crippen molar-refractivity contribution >= 4 is 17.6 Å². The van der Waals surface area contributed by atoms with Gasteiger partial charge in [-0.1, -0.05) is 17.7 Å². The standard InChI is InChI=1S/C21H31N3O4/c1-15-7-8-19(16(2)11-15)22-21(26)23-20(25)14-24(12-17-5-3-9-27-17)13-18-6-4-10-28-18/h7-8,11,17-18H,3-6,9-10,12-14H2,1-2H3,(H2,22,23,25,26)/t17-,18+. The number of imide groups is 1. The van der Waals surface area contributed by atoms with Crippen molar-refractivity contribution in [2.45, 2.75) is 51.7 Å². The largest absolute Gasteiger partial charge is 0.377 e.